The van der Waals surface area contributed by atoms with E-state index in [0.29, 0.717) is 17.5 Å². The molecule has 9 rings (SSSR count). The van der Waals surface area contributed by atoms with Gasteiger partial charge in [-0.25, -0.2) is 15.0 Å². The first kappa shape index (κ1) is 30.6. The molecule has 0 fully saturated rings. The van der Waals surface area contributed by atoms with Gasteiger partial charge in [-0.05, 0) is 79.9 Å². The highest BCUT2D eigenvalue weighted by atomic mass is 15.0. The molecule has 8 aromatic rings. The normalized spacial score (nSPS) is 12.7. The van der Waals surface area contributed by atoms with Gasteiger partial charge in [0.05, 0.1) is 0 Å². The van der Waals surface area contributed by atoms with Crippen molar-refractivity contribution in [3.8, 4) is 78.7 Å². The van der Waals surface area contributed by atoms with Gasteiger partial charge in [0.15, 0.2) is 17.5 Å². The lowest BCUT2D eigenvalue weighted by Gasteiger charge is -2.21. The summed E-state index contributed by atoms with van der Waals surface area (Å²) in [5, 5.41) is 0. The highest BCUT2D eigenvalue weighted by Crippen LogP contribution is 2.49. The number of rotatable bonds is 6. The summed E-state index contributed by atoms with van der Waals surface area (Å²) in [6, 6.07) is 62.2. The molecule has 1 aromatic heterocycles. The first-order valence-corrected chi connectivity index (χ1v) is 17.4. The van der Waals surface area contributed by atoms with Gasteiger partial charge in [-0.1, -0.05) is 166 Å². The molecule has 0 amide bonds. The molecule has 7 aromatic carbocycles. The second-order valence-corrected chi connectivity index (χ2v) is 13.7. The van der Waals surface area contributed by atoms with Crippen LogP contribution in [0.15, 0.2) is 176 Å². The molecule has 242 valence electrons. The van der Waals surface area contributed by atoms with E-state index in [4.69, 9.17) is 15.0 Å². The molecule has 1 aliphatic carbocycles. The van der Waals surface area contributed by atoms with E-state index in [9.17, 15) is 0 Å². The van der Waals surface area contributed by atoms with E-state index in [1.807, 2.05) is 60.7 Å². The SMILES string of the molecule is CC1(C)c2ccccc2-c2cc(-c3cccc(-c4cccc(-c5cccc(-c6nc(-c7ccccc7)nc(-c7ccccc7)n6)c5)c4)c3)ccc21. The molecule has 0 saturated heterocycles. The van der Waals surface area contributed by atoms with Crippen molar-refractivity contribution in [2.45, 2.75) is 19.3 Å². The van der Waals surface area contributed by atoms with Crippen LogP contribution in [0.4, 0.5) is 0 Å². The minimum Gasteiger partial charge on any atom is -0.208 e. The van der Waals surface area contributed by atoms with Crippen molar-refractivity contribution < 1.29 is 0 Å². The summed E-state index contributed by atoms with van der Waals surface area (Å²) in [6.07, 6.45) is 0. The van der Waals surface area contributed by atoms with E-state index in [-0.39, 0.29) is 5.41 Å². The van der Waals surface area contributed by atoms with E-state index in [0.717, 1.165) is 27.8 Å². The molecule has 0 N–H and O–H groups in total. The lowest BCUT2D eigenvalue weighted by Crippen LogP contribution is -2.14. The second kappa shape index (κ2) is 12.5. The third-order valence-corrected chi connectivity index (χ3v) is 10.1. The third-order valence-electron chi connectivity index (χ3n) is 10.1. The Morgan fingerprint density at radius 1 is 0.294 bits per heavy atom. The smallest absolute Gasteiger partial charge is 0.164 e. The Balaban J connectivity index is 1.06. The summed E-state index contributed by atoms with van der Waals surface area (Å²) in [5.74, 6) is 1.96. The second-order valence-electron chi connectivity index (χ2n) is 13.7. The monoisotopic (exact) mass is 653 g/mol. The fourth-order valence-corrected chi connectivity index (χ4v) is 7.43. The summed E-state index contributed by atoms with van der Waals surface area (Å²) in [7, 11) is 0. The Labute approximate surface area is 299 Å². The van der Waals surface area contributed by atoms with Crippen molar-refractivity contribution in [1.82, 2.24) is 15.0 Å². The van der Waals surface area contributed by atoms with E-state index < -0.39 is 0 Å². The third kappa shape index (κ3) is 5.63. The van der Waals surface area contributed by atoms with E-state index >= 15 is 0 Å². The van der Waals surface area contributed by atoms with Gasteiger partial charge in [0.1, 0.15) is 0 Å². The minimum absolute atomic E-state index is 0.00192. The van der Waals surface area contributed by atoms with Crippen LogP contribution in [0.2, 0.25) is 0 Å². The van der Waals surface area contributed by atoms with Crippen molar-refractivity contribution in [3.63, 3.8) is 0 Å². The molecule has 0 radical (unpaired) electrons. The average Bonchev–Trinajstić information content (AvgIpc) is 3.44. The van der Waals surface area contributed by atoms with Crippen molar-refractivity contribution in [3.05, 3.63) is 187 Å². The predicted octanol–water partition coefficient (Wildman–Crippen LogP) is 12.2. The highest BCUT2D eigenvalue weighted by Gasteiger charge is 2.35. The Bertz CT molecular complexity index is 2490. The molecule has 3 nitrogen and oxygen atoms in total. The number of fused-ring (bicyclic) bond motifs is 3. The molecule has 0 saturated carbocycles. The standard InChI is InChI=1S/C48H35N3/c1-48(2)43-25-10-9-24-41(43)42-31-39(26-27-44(42)48)37-21-12-19-35(29-37)34-18-11-20-36(28-34)38-22-13-23-40(30-38)47-50-45(32-14-5-3-6-15-32)49-46(51-47)33-16-7-4-8-17-33/h3-31H,1-2H3. The van der Waals surface area contributed by atoms with Crippen LogP contribution in [0.25, 0.3) is 78.7 Å². The van der Waals surface area contributed by atoms with Crippen molar-refractivity contribution in [2.24, 2.45) is 0 Å². The van der Waals surface area contributed by atoms with Gasteiger partial charge in [-0.15, -0.1) is 0 Å². The minimum atomic E-state index is 0.00192. The quantitative estimate of drug-likeness (QED) is 0.179. The van der Waals surface area contributed by atoms with Crippen LogP contribution in [-0.4, -0.2) is 15.0 Å². The lowest BCUT2D eigenvalue weighted by atomic mass is 9.82. The molecule has 1 heterocycles. The van der Waals surface area contributed by atoms with Crippen LogP contribution >= 0.6 is 0 Å². The van der Waals surface area contributed by atoms with Crippen LogP contribution in [0.3, 0.4) is 0 Å². The number of hydrogen-bond donors (Lipinski definition) is 0. The maximum absolute atomic E-state index is 4.96. The first-order valence-electron chi connectivity index (χ1n) is 17.4. The summed E-state index contributed by atoms with van der Waals surface area (Å²) in [6.45, 7) is 4.66. The van der Waals surface area contributed by atoms with Crippen molar-refractivity contribution in [2.75, 3.05) is 0 Å². The van der Waals surface area contributed by atoms with Gasteiger partial charge in [-0.2, -0.15) is 0 Å². The van der Waals surface area contributed by atoms with Gasteiger partial charge < -0.3 is 0 Å². The van der Waals surface area contributed by atoms with Gasteiger partial charge in [-0.3, -0.25) is 0 Å². The summed E-state index contributed by atoms with van der Waals surface area (Å²) < 4.78 is 0. The van der Waals surface area contributed by atoms with Crippen LogP contribution in [0, 0.1) is 0 Å². The number of benzene rings is 7. The molecular weight excluding hydrogens is 619 g/mol. The van der Waals surface area contributed by atoms with Gasteiger partial charge in [0, 0.05) is 22.1 Å². The first-order chi connectivity index (χ1) is 25.0. The molecule has 3 heteroatoms. The van der Waals surface area contributed by atoms with E-state index in [1.165, 1.54) is 44.5 Å². The Morgan fingerprint density at radius 2 is 0.667 bits per heavy atom. The topological polar surface area (TPSA) is 38.7 Å². The maximum atomic E-state index is 4.96. The fraction of sp³-hybridized carbons (Fsp3) is 0.0625. The summed E-state index contributed by atoms with van der Waals surface area (Å²) >= 11 is 0. The molecular formula is C48H35N3. The average molecular weight is 654 g/mol. The maximum Gasteiger partial charge on any atom is 0.164 e. The summed E-state index contributed by atoms with van der Waals surface area (Å²) in [4.78, 5) is 14.8. The molecule has 1 aliphatic rings. The Hall–Kier alpha value is -6.45. The number of hydrogen-bond acceptors (Lipinski definition) is 3. The molecule has 0 spiro atoms. The fourth-order valence-electron chi connectivity index (χ4n) is 7.43. The van der Waals surface area contributed by atoms with E-state index in [2.05, 4.69) is 129 Å². The number of aromatic nitrogens is 3. The molecule has 51 heavy (non-hydrogen) atoms. The van der Waals surface area contributed by atoms with Crippen LogP contribution in [0.5, 0.6) is 0 Å². The lowest BCUT2D eigenvalue weighted by molar-refractivity contribution is 0.660. The van der Waals surface area contributed by atoms with E-state index in [1.54, 1.807) is 0 Å². The van der Waals surface area contributed by atoms with Gasteiger partial charge in [0.2, 0.25) is 0 Å². The largest absolute Gasteiger partial charge is 0.208 e. The molecule has 0 bridgehead atoms. The summed E-state index contributed by atoms with van der Waals surface area (Å²) in [5.41, 5.74) is 15.4. The van der Waals surface area contributed by atoms with Crippen molar-refractivity contribution in [1.29, 1.82) is 0 Å². The van der Waals surface area contributed by atoms with Crippen LogP contribution in [-0.2, 0) is 5.41 Å². The molecule has 0 atom stereocenters. The zero-order valence-corrected chi connectivity index (χ0v) is 28.6. The molecule has 0 aliphatic heterocycles. The zero-order chi connectivity index (χ0) is 34.4. The zero-order valence-electron chi connectivity index (χ0n) is 28.6. The van der Waals surface area contributed by atoms with Crippen LogP contribution < -0.4 is 0 Å². The van der Waals surface area contributed by atoms with Gasteiger partial charge >= 0.3 is 0 Å². The molecule has 0 unspecified atom stereocenters. The Kier molecular flexibility index (Phi) is 7.48. The Morgan fingerprint density at radius 3 is 1.20 bits per heavy atom. The van der Waals surface area contributed by atoms with Crippen LogP contribution in [0.1, 0.15) is 25.0 Å². The van der Waals surface area contributed by atoms with Crippen molar-refractivity contribution >= 4 is 0 Å². The van der Waals surface area contributed by atoms with Gasteiger partial charge in [0.25, 0.3) is 0 Å². The number of nitrogens with zero attached hydrogens (tertiary/aromatic N) is 3. The predicted molar refractivity (Wildman–Crippen MR) is 210 cm³/mol. The highest BCUT2D eigenvalue weighted by molar-refractivity contribution is 5.85.